The summed E-state index contributed by atoms with van der Waals surface area (Å²) in [5, 5.41) is 51.0. The van der Waals surface area contributed by atoms with Crippen LogP contribution in [0, 0.1) is 0 Å². The van der Waals surface area contributed by atoms with Gasteiger partial charge in [0.1, 0.15) is 36.7 Å². The summed E-state index contributed by atoms with van der Waals surface area (Å²) in [6.07, 6.45) is -6.91. The summed E-state index contributed by atoms with van der Waals surface area (Å²) in [4.78, 5) is 10.8. The number of benzene rings is 2. The molecule has 1 aliphatic rings. The predicted molar refractivity (Wildman–Crippen MR) is 102 cm³/mol. The molecule has 9 heteroatoms. The van der Waals surface area contributed by atoms with E-state index in [2.05, 4.69) is 5.32 Å². The first-order valence-corrected chi connectivity index (χ1v) is 9.03. The van der Waals surface area contributed by atoms with E-state index in [1.165, 1.54) is 0 Å². The van der Waals surface area contributed by atoms with Crippen LogP contribution in [0.2, 0.25) is 0 Å². The summed E-state index contributed by atoms with van der Waals surface area (Å²) in [6.45, 7) is -0.782. The number of para-hydroxylation sites is 1. The Morgan fingerprint density at radius 2 is 1.79 bits per heavy atom. The van der Waals surface area contributed by atoms with Crippen molar-refractivity contribution in [2.45, 2.75) is 30.7 Å². The minimum absolute atomic E-state index is 0.230. The van der Waals surface area contributed by atoms with Crippen molar-refractivity contribution in [1.82, 2.24) is 0 Å². The van der Waals surface area contributed by atoms with E-state index in [0.29, 0.717) is 17.0 Å². The highest BCUT2D eigenvalue weighted by Gasteiger charge is 2.44. The van der Waals surface area contributed by atoms with Crippen LogP contribution in [-0.2, 0) is 9.53 Å². The lowest BCUT2D eigenvalue weighted by atomic mass is 9.99. The maximum absolute atomic E-state index is 10.8. The maximum Gasteiger partial charge on any atom is 0.322 e. The van der Waals surface area contributed by atoms with E-state index in [4.69, 9.17) is 14.6 Å². The number of hydrogen-bond donors (Lipinski definition) is 6. The van der Waals surface area contributed by atoms with Gasteiger partial charge in [0.25, 0.3) is 0 Å². The number of rotatable bonds is 7. The Morgan fingerprint density at radius 1 is 1.03 bits per heavy atom. The predicted octanol–water partition coefficient (Wildman–Crippen LogP) is 0.0288. The van der Waals surface area contributed by atoms with Crippen molar-refractivity contribution in [2.24, 2.45) is 0 Å². The number of carbonyl (C=O) groups is 1. The summed E-state index contributed by atoms with van der Waals surface area (Å²) in [7, 11) is 0. The Balaban J connectivity index is 1.84. The number of ether oxygens (including phenoxy) is 2. The minimum Gasteiger partial charge on any atom is -0.480 e. The minimum atomic E-state index is -1.54. The molecule has 0 amide bonds. The normalized spacial score (nSPS) is 26.7. The van der Waals surface area contributed by atoms with Gasteiger partial charge >= 0.3 is 5.97 Å². The van der Waals surface area contributed by atoms with Crippen molar-refractivity contribution < 1.29 is 39.8 Å². The number of aliphatic carboxylic acids is 1. The second-order valence-electron chi connectivity index (χ2n) is 6.64. The van der Waals surface area contributed by atoms with Gasteiger partial charge < -0.3 is 40.3 Å². The van der Waals surface area contributed by atoms with Crippen molar-refractivity contribution in [3.63, 3.8) is 0 Å². The molecule has 0 spiro atoms. The van der Waals surface area contributed by atoms with Gasteiger partial charge in [-0.3, -0.25) is 4.79 Å². The standard InChI is InChI=1S/C20H23NO8/c22-10-15-17(25)18(26)19(27)20(29-15)28-14-7-2-1-6-13(14)11-4-3-5-12(8-11)21-9-16(23)24/h1-8,15,17-22,25-27H,9-10H2,(H,23,24)/t15-,17-,18-,19+,20+/m1/s1. The summed E-state index contributed by atoms with van der Waals surface area (Å²) in [6, 6.07) is 14.0. The molecule has 0 unspecified atom stereocenters. The molecule has 6 N–H and O–H groups in total. The molecule has 1 fully saturated rings. The Morgan fingerprint density at radius 3 is 2.52 bits per heavy atom. The molecule has 29 heavy (non-hydrogen) atoms. The zero-order valence-corrected chi connectivity index (χ0v) is 15.4. The third kappa shape index (κ3) is 4.84. The lowest BCUT2D eigenvalue weighted by Crippen LogP contribution is -2.60. The van der Waals surface area contributed by atoms with E-state index in [-0.39, 0.29) is 6.54 Å². The zero-order chi connectivity index (χ0) is 21.0. The highest BCUT2D eigenvalue weighted by molar-refractivity contribution is 5.76. The molecule has 0 bridgehead atoms. The van der Waals surface area contributed by atoms with Gasteiger partial charge in [-0.05, 0) is 23.8 Å². The van der Waals surface area contributed by atoms with Crippen LogP contribution in [0.1, 0.15) is 0 Å². The zero-order valence-electron chi connectivity index (χ0n) is 15.4. The quantitative estimate of drug-likeness (QED) is 0.375. The average Bonchev–Trinajstić information content (AvgIpc) is 2.73. The lowest BCUT2D eigenvalue weighted by molar-refractivity contribution is -0.277. The number of nitrogens with one attached hydrogen (secondary N) is 1. The molecule has 1 heterocycles. The molecule has 0 saturated carbocycles. The molecule has 9 nitrogen and oxygen atoms in total. The van der Waals surface area contributed by atoms with Gasteiger partial charge in [-0.1, -0.05) is 30.3 Å². The molecule has 0 radical (unpaired) electrons. The Hall–Kier alpha value is -2.69. The second-order valence-corrected chi connectivity index (χ2v) is 6.64. The Labute approximate surface area is 166 Å². The van der Waals surface area contributed by atoms with Crippen LogP contribution in [-0.4, -0.2) is 75.4 Å². The topological polar surface area (TPSA) is 149 Å². The van der Waals surface area contributed by atoms with Crippen LogP contribution in [0.5, 0.6) is 5.75 Å². The molecule has 3 rings (SSSR count). The first kappa shape index (κ1) is 21.0. The van der Waals surface area contributed by atoms with Gasteiger partial charge in [0.15, 0.2) is 0 Å². The first-order chi connectivity index (χ1) is 13.9. The molecule has 0 aliphatic carbocycles. The second kappa shape index (κ2) is 9.21. The lowest BCUT2D eigenvalue weighted by Gasteiger charge is -2.39. The number of hydrogen-bond acceptors (Lipinski definition) is 8. The van der Waals surface area contributed by atoms with Crippen LogP contribution < -0.4 is 10.1 Å². The Bertz CT molecular complexity index is 843. The number of aliphatic hydroxyl groups is 4. The number of carboxylic acids is 1. The smallest absolute Gasteiger partial charge is 0.322 e. The molecular formula is C20H23NO8. The van der Waals surface area contributed by atoms with Gasteiger partial charge in [0.2, 0.25) is 6.29 Å². The third-order valence-corrected chi connectivity index (χ3v) is 4.60. The van der Waals surface area contributed by atoms with Crippen LogP contribution in [0.25, 0.3) is 11.1 Å². The van der Waals surface area contributed by atoms with Crippen molar-refractivity contribution in [1.29, 1.82) is 0 Å². The fourth-order valence-electron chi connectivity index (χ4n) is 3.07. The van der Waals surface area contributed by atoms with E-state index in [9.17, 15) is 25.2 Å². The van der Waals surface area contributed by atoms with Gasteiger partial charge in [0, 0.05) is 11.3 Å². The SMILES string of the molecule is O=C(O)CNc1cccc(-c2ccccc2O[C@H]2O[C@H](CO)[C@@H](O)[C@@H](O)[C@@H]2O)c1. The molecule has 2 aromatic carbocycles. The van der Waals surface area contributed by atoms with Crippen molar-refractivity contribution in [3.05, 3.63) is 48.5 Å². The Kier molecular flexibility index (Phi) is 6.68. The van der Waals surface area contributed by atoms with E-state index in [0.717, 1.165) is 5.56 Å². The van der Waals surface area contributed by atoms with E-state index in [1.807, 2.05) is 0 Å². The van der Waals surface area contributed by atoms with Gasteiger partial charge in [0.05, 0.1) is 6.61 Å². The van der Waals surface area contributed by atoms with Crippen LogP contribution >= 0.6 is 0 Å². The number of anilines is 1. The monoisotopic (exact) mass is 405 g/mol. The van der Waals surface area contributed by atoms with Crippen molar-refractivity contribution in [3.8, 4) is 16.9 Å². The van der Waals surface area contributed by atoms with Crippen LogP contribution in [0.4, 0.5) is 5.69 Å². The molecule has 5 atom stereocenters. The molecule has 1 aliphatic heterocycles. The number of aliphatic hydroxyl groups excluding tert-OH is 4. The molecule has 156 valence electrons. The summed E-state index contributed by atoms with van der Waals surface area (Å²) in [5.74, 6) is -0.644. The fraction of sp³-hybridized carbons (Fsp3) is 0.350. The largest absolute Gasteiger partial charge is 0.480 e. The maximum atomic E-state index is 10.8. The van der Waals surface area contributed by atoms with E-state index >= 15 is 0 Å². The summed E-state index contributed by atoms with van der Waals surface area (Å²) in [5.41, 5.74) is 1.97. The average molecular weight is 405 g/mol. The van der Waals surface area contributed by atoms with E-state index < -0.39 is 43.3 Å². The summed E-state index contributed by atoms with van der Waals surface area (Å²) < 4.78 is 11.2. The van der Waals surface area contributed by atoms with Gasteiger partial charge in [-0.2, -0.15) is 0 Å². The summed E-state index contributed by atoms with van der Waals surface area (Å²) >= 11 is 0. The van der Waals surface area contributed by atoms with Crippen molar-refractivity contribution >= 4 is 11.7 Å². The molecule has 0 aromatic heterocycles. The first-order valence-electron chi connectivity index (χ1n) is 9.03. The van der Waals surface area contributed by atoms with Gasteiger partial charge in [-0.15, -0.1) is 0 Å². The fourth-order valence-corrected chi connectivity index (χ4v) is 3.07. The molecule has 2 aromatic rings. The highest BCUT2D eigenvalue weighted by Crippen LogP contribution is 2.33. The highest BCUT2D eigenvalue weighted by atomic mass is 16.7. The van der Waals surface area contributed by atoms with E-state index in [1.54, 1.807) is 48.5 Å². The van der Waals surface area contributed by atoms with Crippen LogP contribution in [0.3, 0.4) is 0 Å². The third-order valence-electron chi connectivity index (χ3n) is 4.60. The molecular weight excluding hydrogens is 382 g/mol. The van der Waals surface area contributed by atoms with Crippen molar-refractivity contribution in [2.75, 3.05) is 18.5 Å². The molecule has 1 saturated heterocycles. The van der Waals surface area contributed by atoms with Crippen LogP contribution in [0.15, 0.2) is 48.5 Å². The number of carboxylic acid groups (broad SMARTS) is 1. The van der Waals surface area contributed by atoms with Gasteiger partial charge in [-0.25, -0.2) is 0 Å².